The van der Waals surface area contributed by atoms with Gasteiger partial charge in [0.1, 0.15) is 5.25 Å². The van der Waals surface area contributed by atoms with Gasteiger partial charge < -0.3 is 5.32 Å². The number of halogens is 2. The lowest BCUT2D eigenvalue weighted by Crippen LogP contribution is -2.39. The Labute approximate surface area is 158 Å². The molecule has 0 heterocycles. The average Bonchev–Trinajstić information content (AvgIpc) is 2.58. The second kappa shape index (κ2) is 8.21. The summed E-state index contributed by atoms with van der Waals surface area (Å²) in [5, 5.41) is 2.20. The largest absolute Gasteiger partial charge is 0.348 e. The summed E-state index contributed by atoms with van der Waals surface area (Å²) in [5.74, 6) is -0.811. The minimum atomic E-state index is -3.68. The minimum Gasteiger partial charge on any atom is -0.348 e. The van der Waals surface area contributed by atoms with E-state index in [9.17, 15) is 13.2 Å². The van der Waals surface area contributed by atoms with Crippen molar-refractivity contribution in [3.8, 4) is 0 Å². The summed E-state index contributed by atoms with van der Waals surface area (Å²) in [6, 6.07) is 13.7. The molecular formula is C18H19Cl2NO3S. The van der Waals surface area contributed by atoms with Gasteiger partial charge in [0, 0.05) is 0 Å². The van der Waals surface area contributed by atoms with E-state index in [-0.39, 0.29) is 16.8 Å². The zero-order valence-electron chi connectivity index (χ0n) is 13.9. The van der Waals surface area contributed by atoms with Crippen molar-refractivity contribution in [1.82, 2.24) is 5.32 Å². The Kier molecular flexibility index (Phi) is 6.49. The lowest BCUT2D eigenvalue weighted by molar-refractivity contribution is -0.121. The standard InChI is InChI=1S/C18H19Cl2NO3S/c1-12(15-6-4-3-5-7-15)21-18(22)13(2)25(23,24)11-14-8-9-16(19)17(20)10-14/h3-10,12-13H,11H2,1-2H3,(H,21,22). The van der Waals surface area contributed by atoms with Crippen molar-refractivity contribution in [3.05, 3.63) is 69.7 Å². The van der Waals surface area contributed by atoms with Crippen LogP contribution in [0.15, 0.2) is 48.5 Å². The van der Waals surface area contributed by atoms with Gasteiger partial charge in [-0.3, -0.25) is 4.79 Å². The third-order valence-electron chi connectivity index (χ3n) is 3.92. The molecule has 0 spiro atoms. The molecule has 0 bridgehead atoms. The van der Waals surface area contributed by atoms with Gasteiger partial charge in [-0.1, -0.05) is 59.6 Å². The van der Waals surface area contributed by atoms with Crippen molar-refractivity contribution in [2.45, 2.75) is 30.9 Å². The highest BCUT2D eigenvalue weighted by Gasteiger charge is 2.29. The number of carbonyl (C=O) groups excluding carboxylic acids is 1. The number of sulfone groups is 1. The second-order valence-electron chi connectivity index (χ2n) is 5.84. The van der Waals surface area contributed by atoms with Gasteiger partial charge in [-0.2, -0.15) is 0 Å². The van der Waals surface area contributed by atoms with E-state index in [4.69, 9.17) is 23.2 Å². The van der Waals surface area contributed by atoms with E-state index in [0.29, 0.717) is 10.6 Å². The van der Waals surface area contributed by atoms with E-state index in [1.165, 1.54) is 19.1 Å². The lowest BCUT2D eigenvalue weighted by Gasteiger charge is -2.18. The van der Waals surface area contributed by atoms with Crippen molar-refractivity contribution in [2.75, 3.05) is 0 Å². The van der Waals surface area contributed by atoms with E-state index >= 15 is 0 Å². The number of rotatable bonds is 6. The monoisotopic (exact) mass is 399 g/mol. The fourth-order valence-electron chi connectivity index (χ4n) is 2.31. The Balaban J connectivity index is 2.07. The zero-order valence-corrected chi connectivity index (χ0v) is 16.2. The molecule has 2 rings (SSSR count). The first-order valence-electron chi connectivity index (χ1n) is 7.71. The molecule has 0 aliphatic heterocycles. The first-order valence-corrected chi connectivity index (χ1v) is 10.2. The Morgan fingerprint density at radius 2 is 1.68 bits per heavy atom. The summed E-state index contributed by atoms with van der Waals surface area (Å²) in [4.78, 5) is 12.3. The summed E-state index contributed by atoms with van der Waals surface area (Å²) in [5.41, 5.74) is 1.40. The van der Waals surface area contributed by atoms with Crippen LogP contribution in [-0.4, -0.2) is 19.6 Å². The van der Waals surface area contributed by atoms with Crippen LogP contribution in [0.4, 0.5) is 0 Å². The maximum Gasteiger partial charge on any atom is 0.238 e. The summed E-state index contributed by atoms with van der Waals surface area (Å²) in [7, 11) is -3.68. The first kappa shape index (κ1) is 19.8. The van der Waals surface area contributed by atoms with Crippen molar-refractivity contribution in [3.63, 3.8) is 0 Å². The Morgan fingerprint density at radius 1 is 1.04 bits per heavy atom. The number of amides is 1. The van der Waals surface area contributed by atoms with Crippen LogP contribution < -0.4 is 5.32 Å². The summed E-state index contributed by atoms with van der Waals surface area (Å²) < 4.78 is 25.0. The van der Waals surface area contributed by atoms with E-state index in [0.717, 1.165) is 5.56 Å². The van der Waals surface area contributed by atoms with E-state index < -0.39 is 21.0 Å². The molecule has 2 aromatic carbocycles. The fourth-order valence-corrected chi connectivity index (χ4v) is 3.91. The third-order valence-corrected chi connectivity index (χ3v) is 6.68. The van der Waals surface area contributed by atoms with Crippen LogP contribution >= 0.6 is 23.2 Å². The van der Waals surface area contributed by atoms with E-state index in [2.05, 4.69) is 5.32 Å². The number of carbonyl (C=O) groups is 1. The lowest BCUT2D eigenvalue weighted by atomic mass is 10.1. The molecule has 0 aliphatic carbocycles. The maximum atomic E-state index is 12.5. The average molecular weight is 400 g/mol. The van der Waals surface area contributed by atoms with Gasteiger partial charge in [-0.05, 0) is 37.1 Å². The zero-order chi connectivity index (χ0) is 18.6. The number of nitrogens with one attached hydrogen (secondary N) is 1. The Hall–Kier alpha value is -1.56. The Morgan fingerprint density at radius 3 is 2.28 bits per heavy atom. The number of hydrogen-bond donors (Lipinski definition) is 1. The molecule has 1 N–H and O–H groups in total. The van der Waals surface area contributed by atoms with Crippen LogP contribution in [0.3, 0.4) is 0 Å². The molecule has 0 aliphatic rings. The molecule has 7 heteroatoms. The summed E-state index contributed by atoms with van der Waals surface area (Å²) in [6.45, 7) is 3.20. The van der Waals surface area contributed by atoms with Gasteiger partial charge in [0.25, 0.3) is 0 Å². The van der Waals surface area contributed by atoms with E-state index in [1.54, 1.807) is 6.07 Å². The Bertz CT molecular complexity index is 854. The minimum absolute atomic E-state index is 0.280. The van der Waals surface area contributed by atoms with Gasteiger partial charge in [0.05, 0.1) is 21.8 Å². The van der Waals surface area contributed by atoms with Crippen LogP contribution in [0.1, 0.15) is 31.0 Å². The molecular weight excluding hydrogens is 381 g/mol. The molecule has 0 fully saturated rings. The normalized spacial score (nSPS) is 13.9. The highest BCUT2D eigenvalue weighted by atomic mass is 35.5. The molecule has 1 amide bonds. The molecule has 0 saturated carbocycles. The van der Waals surface area contributed by atoms with Crippen LogP contribution in [0.2, 0.25) is 10.0 Å². The molecule has 0 aromatic heterocycles. The van der Waals surface area contributed by atoms with Crippen molar-refractivity contribution in [2.24, 2.45) is 0 Å². The SMILES string of the molecule is CC(NC(=O)C(C)S(=O)(=O)Cc1ccc(Cl)c(Cl)c1)c1ccccc1. The highest BCUT2D eigenvalue weighted by Crippen LogP contribution is 2.24. The molecule has 2 aromatic rings. The first-order chi connectivity index (χ1) is 11.7. The van der Waals surface area contributed by atoms with Crippen LogP contribution in [0, 0.1) is 0 Å². The van der Waals surface area contributed by atoms with Gasteiger partial charge in [0.15, 0.2) is 9.84 Å². The maximum absolute atomic E-state index is 12.5. The molecule has 2 unspecified atom stereocenters. The number of hydrogen-bond acceptors (Lipinski definition) is 3. The van der Waals surface area contributed by atoms with Gasteiger partial charge in [-0.25, -0.2) is 8.42 Å². The summed E-state index contributed by atoms with van der Waals surface area (Å²) in [6.07, 6.45) is 0. The predicted octanol–water partition coefficient (Wildman–Crippen LogP) is 4.17. The molecule has 4 nitrogen and oxygen atoms in total. The highest BCUT2D eigenvalue weighted by molar-refractivity contribution is 7.92. The van der Waals surface area contributed by atoms with Crippen LogP contribution in [0.5, 0.6) is 0 Å². The van der Waals surface area contributed by atoms with Gasteiger partial charge in [0.2, 0.25) is 5.91 Å². The molecule has 2 atom stereocenters. The second-order valence-corrected chi connectivity index (χ2v) is 8.97. The van der Waals surface area contributed by atoms with Crippen molar-refractivity contribution < 1.29 is 13.2 Å². The molecule has 134 valence electrons. The molecule has 0 saturated heterocycles. The van der Waals surface area contributed by atoms with Crippen LogP contribution in [-0.2, 0) is 20.4 Å². The smallest absolute Gasteiger partial charge is 0.238 e. The summed E-state index contributed by atoms with van der Waals surface area (Å²) >= 11 is 11.8. The molecule has 0 radical (unpaired) electrons. The quantitative estimate of drug-likeness (QED) is 0.792. The van der Waals surface area contributed by atoms with Crippen LogP contribution in [0.25, 0.3) is 0 Å². The molecule has 25 heavy (non-hydrogen) atoms. The van der Waals surface area contributed by atoms with Gasteiger partial charge >= 0.3 is 0 Å². The van der Waals surface area contributed by atoms with Crippen molar-refractivity contribution in [1.29, 1.82) is 0 Å². The topological polar surface area (TPSA) is 63.2 Å². The van der Waals surface area contributed by atoms with Crippen molar-refractivity contribution >= 4 is 38.9 Å². The van der Waals surface area contributed by atoms with E-state index in [1.807, 2.05) is 37.3 Å². The third kappa shape index (κ3) is 5.21. The van der Waals surface area contributed by atoms with Gasteiger partial charge in [-0.15, -0.1) is 0 Å². The predicted molar refractivity (Wildman–Crippen MR) is 102 cm³/mol. The number of benzene rings is 2. The fraction of sp³-hybridized carbons (Fsp3) is 0.278.